The lowest BCUT2D eigenvalue weighted by molar-refractivity contribution is -0.146. The molecule has 2 aliphatic heterocycles. The Kier molecular flexibility index (Phi) is 21.3. The lowest BCUT2D eigenvalue weighted by Crippen LogP contribution is -2.56. The van der Waals surface area contributed by atoms with Gasteiger partial charge in [0.1, 0.15) is 43.4 Å². The Morgan fingerprint density at radius 1 is 0.585 bits per heavy atom. The van der Waals surface area contributed by atoms with Crippen LogP contribution in [0.25, 0.3) is 0 Å². The van der Waals surface area contributed by atoms with E-state index in [1.807, 2.05) is 36.4 Å². The highest BCUT2D eigenvalue weighted by Gasteiger charge is 2.36. The quantitative estimate of drug-likeness (QED) is 0.0599. The average molecular weight is 905 g/mol. The van der Waals surface area contributed by atoms with Gasteiger partial charge in [0.25, 0.3) is 0 Å². The third-order valence-corrected chi connectivity index (χ3v) is 11.2. The largest absolute Gasteiger partial charge is 0.461 e. The number of nitrogens with one attached hydrogen (secondary N) is 5. The van der Waals surface area contributed by atoms with Gasteiger partial charge in [0.2, 0.25) is 41.4 Å². The van der Waals surface area contributed by atoms with Crippen molar-refractivity contribution in [1.29, 1.82) is 0 Å². The minimum atomic E-state index is -1.26. The van der Waals surface area contributed by atoms with Crippen molar-refractivity contribution in [2.75, 3.05) is 32.7 Å². The fourth-order valence-corrected chi connectivity index (χ4v) is 7.72. The number of benzene rings is 2. The second-order valence-electron chi connectivity index (χ2n) is 16.2. The van der Waals surface area contributed by atoms with Crippen LogP contribution in [-0.2, 0) is 65.8 Å². The van der Waals surface area contributed by atoms with Gasteiger partial charge in [0, 0.05) is 59.4 Å². The van der Waals surface area contributed by atoms with E-state index in [0.29, 0.717) is 51.6 Å². The molecule has 65 heavy (non-hydrogen) atoms. The molecular formula is C46H64N8O11. The van der Waals surface area contributed by atoms with Crippen molar-refractivity contribution >= 4 is 53.3 Å². The second kappa shape index (κ2) is 27.1. The number of unbranched alkanes of at least 4 members (excludes halogenated alkanes) is 1. The first kappa shape index (κ1) is 51.3. The van der Waals surface area contributed by atoms with Crippen LogP contribution in [-0.4, -0.2) is 126 Å². The fraction of sp³-hybridized carbons (Fsp3) is 0.543. The molecule has 5 unspecified atom stereocenters. The zero-order chi connectivity index (χ0) is 47.1. The molecular weight excluding hydrogens is 841 g/mol. The second-order valence-corrected chi connectivity index (χ2v) is 16.2. The summed E-state index contributed by atoms with van der Waals surface area (Å²) in [7, 11) is 0. The lowest BCUT2D eigenvalue weighted by Gasteiger charge is -2.27. The van der Waals surface area contributed by atoms with Crippen LogP contribution in [0.2, 0.25) is 0 Å². The Bertz CT molecular complexity index is 1940. The Labute approximate surface area is 379 Å². The number of nitrogens with two attached hydrogens (primary N) is 1. The van der Waals surface area contributed by atoms with Crippen molar-refractivity contribution in [1.82, 2.24) is 36.4 Å². The molecule has 4 rings (SSSR count). The summed E-state index contributed by atoms with van der Waals surface area (Å²) in [6.07, 6.45) is 2.19. The standard InChI is InChI=1S/C46H64N8O11/c1-31(55)53-27-11-18-38(53)45(62)51-36(20-22-40(57)64-29-33-13-5-3-6-14-33)43(60)48-25-10-9-17-35(42(59)49-26-24-47)50-44(61)37(52-46(63)39-19-12-28-54(39)32(2)56)21-23-41(58)65-30-34-15-7-4-8-16-34/h3-8,13-16,35-39H,9-12,17-30,47H2,1-2H3,(H,48,60)(H,49,59)(H,50,61)(H,51,62)(H,52,63). The molecule has 0 spiro atoms. The van der Waals surface area contributed by atoms with Crippen LogP contribution in [0, 0.1) is 0 Å². The number of amides is 7. The first-order valence-electron chi connectivity index (χ1n) is 22.4. The topological polar surface area (TPSA) is 265 Å². The first-order valence-corrected chi connectivity index (χ1v) is 22.4. The third kappa shape index (κ3) is 17.3. The first-order chi connectivity index (χ1) is 31.3. The SMILES string of the molecule is CC(=O)N1CCCC1C(=O)NC(CCC(=O)OCc1ccccc1)C(=O)NCCCCC(NC(=O)C(CCC(=O)OCc1ccccc1)NC(=O)C1CCCN1C(C)=O)C(=O)NCCN. The maximum absolute atomic E-state index is 13.9. The van der Waals surface area contributed by atoms with Gasteiger partial charge in [-0.25, -0.2) is 0 Å². The number of esters is 2. The van der Waals surface area contributed by atoms with E-state index in [1.165, 1.54) is 23.6 Å². The van der Waals surface area contributed by atoms with Crippen LogP contribution in [0.3, 0.4) is 0 Å². The van der Waals surface area contributed by atoms with E-state index in [9.17, 15) is 43.2 Å². The van der Waals surface area contributed by atoms with Crippen molar-refractivity contribution in [3.63, 3.8) is 0 Å². The van der Waals surface area contributed by atoms with Gasteiger partial charge in [-0.05, 0) is 68.9 Å². The van der Waals surface area contributed by atoms with Gasteiger partial charge in [-0.3, -0.25) is 43.2 Å². The molecule has 2 saturated heterocycles. The van der Waals surface area contributed by atoms with Crippen molar-refractivity contribution in [2.45, 2.75) is 128 Å². The molecule has 0 aliphatic carbocycles. The molecule has 7 N–H and O–H groups in total. The van der Waals surface area contributed by atoms with Crippen LogP contribution in [0.1, 0.15) is 95.6 Å². The highest BCUT2D eigenvalue weighted by Crippen LogP contribution is 2.20. The van der Waals surface area contributed by atoms with Crippen molar-refractivity contribution in [2.24, 2.45) is 5.73 Å². The predicted molar refractivity (Wildman–Crippen MR) is 236 cm³/mol. The molecule has 354 valence electrons. The van der Waals surface area contributed by atoms with Crippen molar-refractivity contribution < 1.29 is 52.6 Å². The van der Waals surface area contributed by atoms with E-state index in [1.54, 1.807) is 24.3 Å². The number of likely N-dealkylation sites (tertiary alicyclic amines) is 2. The Balaban J connectivity index is 1.37. The molecule has 0 aromatic heterocycles. The predicted octanol–water partition coefficient (Wildman–Crippen LogP) is 0.871. The zero-order valence-electron chi connectivity index (χ0n) is 37.4. The van der Waals surface area contributed by atoms with Crippen LogP contribution < -0.4 is 32.3 Å². The summed E-state index contributed by atoms with van der Waals surface area (Å²) in [6, 6.07) is 13.1. The molecule has 2 aromatic rings. The summed E-state index contributed by atoms with van der Waals surface area (Å²) in [5.74, 6) is -4.60. The van der Waals surface area contributed by atoms with Gasteiger partial charge in [0.15, 0.2) is 0 Å². The number of hydrogen-bond acceptors (Lipinski definition) is 12. The summed E-state index contributed by atoms with van der Waals surface area (Å²) in [4.78, 5) is 120. The van der Waals surface area contributed by atoms with Gasteiger partial charge >= 0.3 is 11.9 Å². The van der Waals surface area contributed by atoms with Crippen LogP contribution in [0.5, 0.6) is 0 Å². The number of carbonyl (C=O) groups is 9. The van der Waals surface area contributed by atoms with Gasteiger partial charge in [-0.15, -0.1) is 0 Å². The summed E-state index contributed by atoms with van der Waals surface area (Å²) < 4.78 is 10.8. The number of ether oxygens (including phenoxy) is 2. The molecule has 7 amide bonds. The monoisotopic (exact) mass is 904 g/mol. The molecule has 0 bridgehead atoms. The Morgan fingerprint density at radius 2 is 1.02 bits per heavy atom. The third-order valence-electron chi connectivity index (χ3n) is 11.2. The maximum Gasteiger partial charge on any atom is 0.306 e. The van der Waals surface area contributed by atoms with E-state index in [2.05, 4.69) is 26.6 Å². The summed E-state index contributed by atoms with van der Waals surface area (Å²) in [5, 5.41) is 13.6. The summed E-state index contributed by atoms with van der Waals surface area (Å²) in [6.45, 7) is 3.96. The average Bonchev–Trinajstić information content (AvgIpc) is 4.01. The van der Waals surface area contributed by atoms with E-state index >= 15 is 0 Å². The van der Waals surface area contributed by atoms with Crippen LogP contribution in [0.15, 0.2) is 60.7 Å². The van der Waals surface area contributed by atoms with E-state index in [4.69, 9.17) is 15.2 Å². The zero-order valence-corrected chi connectivity index (χ0v) is 37.4. The number of hydrogen-bond donors (Lipinski definition) is 6. The molecule has 2 heterocycles. The maximum atomic E-state index is 13.9. The van der Waals surface area contributed by atoms with Gasteiger partial charge in [-0.2, -0.15) is 0 Å². The smallest absolute Gasteiger partial charge is 0.306 e. The number of rotatable bonds is 25. The molecule has 2 aromatic carbocycles. The van der Waals surface area contributed by atoms with Crippen molar-refractivity contribution in [3.05, 3.63) is 71.8 Å². The molecule has 19 nitrogen and oxygen atoms in total. The highest BCUT2D eigenvalue weighted by molar-refractivity contribution is 5.95. The minimum absolute atomic E-state index is 0.0157. The molecule has 2 fully saturated rings. The van der Waals surface area contributed by atoms with Gasteiger partial charge in [-0.1, -0.05) is 60.7 Å². The summed E-state index contributed by atoms with van der Waals surface area (Å²) in [5.41, 5.74) is 7.19. The minimum Gasteiger partial charge on any atom is -0.461 e. The van der Waals surface area contributed by atoms with E-state index in [-0.39, 0.29) is 76.8 Å². The molecule has 5 atom stereocenters. The normalized spacial score (nSPS) is 16.9. The molecule has 0 radical (unpaired) electrons. The molecule has 19 heteroatoms. The van der Waals surface area contributed by atoms with Crippen LogP contribution in [0.4, 0.5) is 0 Å². The molecule has 2 aliphatic rings. The van der Waals surface area contributed by atoms with Gasteiger partial charge < -0.3 is 51.6 Å². The molecule has 0 saturated carbocycles. The Morgan fingerprint density at radius 3 is 1.46 bits per heavy atom. The Hall–Kier alpha value is -6.37. The lowest BCUT2D eigenvalue weighted by atomic mass is 10.1. The van der Waals surface area contributed by atoms with E-state index < -0.39 is 71.7 Å². The van der Waals surface area contributed by atoms with Crippen LogP contribution >= 0.6 is 0 Å². The fourth-order valence-electron chi connectivity index (χ4n) is 7.72. The summed E-state index contributed by atoms with van der Waals surface area (Å²) >= 11 is 0. The number of carbonyl (C=O) groups excluding carboxylic acids is 9. The number of nitrogens with zero attached hydrogens (tertiary/aromatic N) is 2. The van der Waals surface area contributed by atoms with E-state index in [0.717, 1.165) is 11.1 Å². The highest BCUT2D eigenvalue weighted by atomic mass is 16.5. The van der Waals surface area contributed by atoms with Crippen molar-refractivity contribution in [3.8, 4) is 0 Å². The van der Waals surface area contributed by atoms with Gasteiger partial charge in [0.05, 0.1) is 0 Å².